The summed E-state index contributed by atoms with van der Waals surface area (Å²) in [7, 11) is 0. The van der Waals surface area contributed by atoms with Crippen LogP contribution in [0.15, 0.2) is 91.0 Å². The third-order valence-electron chi connectivity index (χ3n) is 4.75. The molecule has 0 heterocycles. The average Bonchev–Trinajstić information content (AvgIpc) is 2.68. The van der Waals surface area contributed by atoms with Crippen LogP contribution in [0.4, 0.5) is 0 Å². The van der Waals surface area contributed by atoms with E-state index in [9.17, 15) is 15.3 Å². The second-order valence-corrected chi connectivity index (χ2v) is 6.30. The SMILES string of the molecule is Oc1ccc(C(O)(c2ccccc2)c2c(O)ccc3ccccc23)cc1. The second-order valence-electron chi connectivity index (χ2n) is 6.30. The predicted octanol–water partition coefficient (Wildman–Crippen LogP) is 4.54. The molecule has 1 atom stereocenters. The van der Waals surface area contributed by atoms with Crippen LogP contribution in [-0.2, 0) is 5.60 Å². The number of phenolic OH excluding ortho intramolecular Hbond substituents is 2. The van der Waals surface area contributed by atoms with E-state index in [1.54, 1.807) is 18.2 Å². The average molecular weight is 342 g/mol. The molecule has 0 radical (unpaired) electrons. The van der Waals surface area contributed by atoms with Gasteiger partial charge in [0.15, 0.2) is 0 Å². The minimum Gasteiger partial charge on any atom is -0.508 e. The van der Waals surface area contributed by atoms with E-state index in [0.717, 1.165) is 10.8 Å². The van der Waals surface area contributed by atoms with Gasteiger partial charge in [-0.25, -0.2) is 0 Å². The van der Waals surface area contributed by atoms with Crippen molar-refractivity contribution < 1.29 is 15.3 Å². The van der Waals surface area contributed by atoms with Crippen LogP contribution in [0.25, 0.3) is 10.8 Å². The molecule has 0 amide bonds. The van der Waals surface area contributed by atoms with Crippen LogP contribution in [0.3, 0.4) is 0 Å². The van der Waals surface area contributed by atoms with Gasteiger partial charge in [-0.2, -0.15) is 0 Å². The topological polar surface area (TPSA) is 60.7 Å². The third kappa shape index (κ3) is 2.50. The van der Waals surface area contributed by atoms with E-state index in [1.807, 2.05) is 60.7 Å². The van der Waals surface area contributed by atoms with E-state index in [4.69, 9.17) is 0 Å². The van der Waals surface area contributed by atoms with Gasteiger partial charge in [0.2, 0.25) is 0 Å². The Morgan fingerprint density at radius 3 is 1.92 bits per heavy atom. The number of aliphatic hydroxyl groups is 1. The zero-order chi connectivity index (χ0) is 18.1. The smallest absolute Gasteiger partial charge is 0.144 e. The minimum absolute atomic E-state index is 0.0168. The molecule has 0 spiro atoms. The van der Waals surface area contributed by atoms with Gasteiger partial charge in [-0.05, 0) is 40.1 Å². The highest BCUT2D eigenvalue weighted by molar-refractivity contribution is 5.89. The molecule has 0 aliphatic rings. The fourth-order valence-electron chi connectivity index (χ4n) is 3.48. The van der Waals surface area contributed by atoms with E-state index in [0.29, 0.717) is 16.7 Å². The number of fused-ring (bicyclic) bond motifs is 1. The quantitative estimate of drug-likeness (QED) is 0.479. The van der Waals surface area contributed by atoms with Crippen LogP contribution in [0, 0.1) is 0 Å². The molecule has 26 heavy (non-hydrogen) atoms. The van der Waals surface area contributed by atoms with Gasteiger partial charge in [0, 0.05) is 5.56 Å². The van der Waals surface area contributed by atoms with Crippen LogP contribution < -0.4 is 0 Å². The lowest BCUT2D eigenvalue weighted by Crippen LogP contribution is -2.29. The molecule has 3 heteroatoms. The Hall–Kier alpha value is -3.30. The fourth-order valence-corrected chi connectivity index (χ4v) is 3.48. The lowest BCUT2D eigenvalue weighted by atomic mass is 9.78. The summed E-state index contributed by atoms with van der Waals surface area (Å²) in [5, 5.41) is 34.0. The number of rotatable bonds is 3. The van der Waals surface area contributed by atoms with Crippen LogP contribution >= 0.6 is 0 Å². The summed E-state index contributed by atoms with van der Waals surface area (Å²) < 4.78 is 0. The van der Waals surface area contributed by atoms with Crippen molar-refractivity contribution in [3.63, 3.8) is 0 Å². The summed E-state index contributed by atoms with van der Waals surface area (Å²) in [6, 6.07) is 26.7. The van der Waals surface area contributed by atoms with Crippen LogP contribution in [-0.4, -0.2) is 15.3 Å². The van der Waals surface area contributed by atoms with Gasteiger partial charge in [-0.1, -0.05) is 72.8 Å². The van der Waals surface area contributed by atoms with Crippen molar-refractivity contribution in [2.24, 2.45) is 0 Å². The number of hydrogen-bond acceptors (Lipinski definition) is 3. The highest BCUT2D eigenvalue weighted by atomic mass is 16.3. The van der Waals surface area contributed by atoms with E-state index >= 15 is 0 Å². The van der Waals surface area contributed by atoms with Crippen molar-refractivity contribution in [2.45, 2.75) is 5.60 Å². The van der Waals surface area contributed by atoms with Gasteiger partial charge in [0.25, 0.3) is 0 Å². The van der Waals surface area contributed by atoms with Gasteiger partial charge in [-0.3, -0.25) is 0 Å². The summed E-state index contributed by atoms with van der Waals surface area (Å²) in [6.07, 6.45) is 0. The van der Waals surface area contributed by atoms with Crippen LogP contribution in [0.2, 0.25) is 0 Å². The molecular weight excluding hydrogens is 324 g/mol. The van der Waals surface area contributed by atoms with Gasteiger partial charge in [0.05, 0.1) is 0 Å². The van der Waals surface area contributed by atoms with E-state index in [2.05, 4.69) is 0 Å². The third-order valence-corrected chi connectivity index (χ3v) is 4.75. The Morgan fingerprint density at radius 1 is 0.577 bits per heavy atom. The highest BCUT2D eigenvalue weighted by Gasteiger charge is 2.37. The molecule has 0 aliphatic heterocycles. The predicted molar refractivity (Wildman–Crippen MR) is 102 cm³/mol. The molecule has 0 saturated heterocycles. The minimum atomic E-state index is -1.57. The molecule has 3 nitrogen and oxygen atoms in total. The molecule has 0 aliphatic carbocycles. The Balaban J connectivity index is 2.11. The summed E-state index contributed by atoms with van der Waals surface area (Å²) in [6.45, 7) is 0. The Bertz CT molecular complexity index is 1060. The van der Waals surface area contributed by atoms with Crippen molar-refractivity contribution >= 4 is 10.8 Å². The normalized spacial score (nSPS) is 13.4. The molecule has 0 aromatic heterocycles. The summed E-state index contributed by atoms with van der Waals surface area (Å²) in [5.74, 6) is 0.134. The maximum absolute atomic E-state index is 12.0. The zero-order valence-electron chi connectivity index (χ0n) is 14.0. The van der Waals surface area contributed by atoms with E-state index < -0.39 is 5.60 Å². The molecule has 0 fully saturated rings. The number of phenols is 2. The number of benzene rings is 4. The van der Waals surface area contributed by atoms with Crippen LogP contribution in [0.5, 0.6) is 11.5 Å². The van der Waals surface area contributed by atoms with Crippen molar-refractivity contribution in [3.05, 3.63) is 108 Å². The summed E-state index contributed by atoms with van der Waals surface area (Å²) in [4.78, 5) is 0. The maximum atomic E-state index is 12.0. The Kier molecular flexibility index (Phi) is 3.86. The maximum Gasteiger partial charge on any atom is 0.144 e. The lowest BCUT2D eigenvalue weighted by molar-refractivity contribution is 0.124. The zero-order valence-corrected chi connectivity index (χ0v) is 14.0. The van der Waals surface area contributed by atoms with Crippen molar-refractivity contribution in [3.8, 4) is 11.5 Å². The van der Waals surface area contributed by atoms with Crippen molar-refractivity contribution in [1.82, 2.24) is 0 Å². The van der Waals surface area contributed by atoms with E-state index in [1.165, 1.54) is 12.1 Å². The first kappa shape index (κ1) is 16.2. The van der Waals surface area contributed by atoms with Crippen molar-refractivity contribution in [2.75, 3.05) is 0 Å². The Morgan fingerprint density at radius 2 is 1.19 bits per heavy atom. The first-order valence-corrected chi connectivity index (χ1v) is 8.39. The summed E-state index contributed by atoms with van der Waals surface area (Å²) in [5.41, 5.74) is 0.0536. The number of aromatic hydroxyl groups is 2. The van der Waals surface area contributed by atoms with Crippen molar-refractivity contribution in [1.29, 1.82) is 0 Å². The first-order chi connectivity index (χ1) is 12.6. The standard InChI is InChI=1S/C23H18O3/c24-19-13-11-18(12-14-19)23(26,17-7-2-1-3-8-17)22-20-9-5-4-6-16(20)10-15-21(22)25/h1-15,24-26H. The molecule has 1 unspecified atom stereocenters. The molecule has 3 N–H and O–H groups in total. The molecular formula is C23H18O3. The largest absolute Gasteiger partial charge is 0.508 e. The molecule has 0 saturated carbocycles. The van der Waals surface area contributed by atoms with Gasteiger partial charge in [0.1, 0.15) is 17.1 Å². The first-order valence-electron chi connectivity index (χ1n) is 8.39. The highest BCUT2D eigenvalue weighted by Crippen LogP contribution is 2.44. The molecule has 4 rings (SSSR count). The lowest BCUT2D eigenvalue weighted by Gasteiger charge is -2.32. The molecule has 4 aromatic rings. The van der Waals surface area contributed by atoms with Gasteiger partial charge in [-0.15, -0.1) is 0 Å². The molecule has 128 valence electrons. The Labute approximate surface area is 151 Å². The summed E-state index contributed by atoms with van der Waals surface area (Å²) >= 11 is 0. The second kappa shape index (κ2) is 6.21. The molecule has 0 bridgehead atoms. The van der Waals surface area contributed by atoms with E-state index in [-0.39, 0.29) is 11.5 Å². The van der Waals surface area contributed by atoms with Gasteiger partial charge >= 0.3 is 0 Å². The number of hydrogen-bond donors (Lipinski definition) is 3. The monoisotopic (exact) mass is 342 g/mol. The fraction of sp³-hybridized carbons (Fsp3) is 0.0435. The van der Waals surface area contributed by atoms with Gasteiger partial charge < -0.3 is 15.3 Å². The molecule has 4 aromatic carbocycles. The van der Waals surface area contributed by atoms with Crippen LogP contribution in [0.1, 0.15) is 16.7 Å².